The van der Waals surface area contributed by atoms with Crippen LogP contribution in [-0.2, 0) is 9.53 Å². The zero-order valence-electron chi connectivity index (χ0n) is 12.5. The highest BCUT2D eigenvalue weighted by Crippen LogP contribution is 2.31. The lowest BCUT2D eigenvalue weighted by Gasteiger charge is -2.43. The van der Waals surface area contributed by atoms with Crippen molar-refractivity contribution < 1.29 is 19.4 Å². The van der Waals surface area contributed by atoms with Crippen LogP contribution in [0.3, 0.4) is 0 Å². The van der Waals surface area contributed by atoms with Crippen LogP contribution in [0.4, 0.5) is 4.79 Å². The molecule has 0 aromatic rings. The highest BCUT2D eigenvalue weighted by molar-refractivity contribution is 5.77. The lowest BCUT2D eigenvalue weighted by atomic mass is 9.80. The van der Waals surface area contributed by atoms with E-state index in [-0.39, 0.29) is 18.2 Å². The Balaban J connectivity index is 1.96. The van der Waals surface area contributed by atoms with Crippen molar-refractivity contribution in [1.29, 1.82) is 0 Å². The van der Waals surface area contributed by atoms with Gasteiger partial charge in [0.05, 0.1) is 24.2 Å². The molecule has 6 nitrogen and oxygen atoms in total. The molecule has 2 heterocycles. The quantitative estimate of drug-likeness (QED) is 0.790. The first-order chi connectivity index (χ1) is 9.33. The number of amides is 2. The van der Waals surface area contributed by atoms with Crippen LogP contribution in [0.1, 0.15) is 33.6 Å². The monoisotopic (exact) mass is 284 g/mol. The maximum atomic E-state index is 12.5. The van der Waals surface area contributed by atoms with Crippen LogP contribution in [0, 0.1) is 5.41 Å². The average molecular weight is 284 g/mol. The standard InChI is InChI=1S/C14H24N2O4/c1-10-9-20-11(2)8-16(10)13(19)15-6-4-14(3,5-7-15)12(17)18/h10-11H,4-9H2,1-3H3,(H,17,18). The third-order valence-electron chi connectivity index (χ3n) is 4.51. The number of rotatable bonds is 1. The van der Waals surface area contributed by atoms with Crippen LogP contribution >= 0.6 is 0 Å². The van der Waals surface area contributed by atoms with E-state index >= 15 is 0 Å². The minimum atomic E-state index is -0.766. The second-order valence-corrected chi connectivity index (χ2v) is 6.28. The Labute approximate surface area is 119 Å². The largest absolute Gasteiger partial charge is 0.481 e. The molecule has 2 unspecified atom stereocenters. The van der Waals surface area contributed by atoms with Crippen LogP contribution in [-0.4, -0.2) is 65.3 Å². The molecule has 0 aliphatic carbocycles. The van der Waals surface area contributed by atoms with E-state index < -0.39 is 11.4 Å². The highest BCUT2D eigenvalue weighted by atomic mass is 16.5. The van der Waals surface area contributed by atoms with Crippen LogP contribution < -0.4 is 0 Å². The number of piperidine rings is 1. The van der Waals surface area contributed by atoms with Crippen molar-refractivity contribution in [2.24, 2.45) is 5.41 Å². The molecule has 114 valence electrons. The number of urea groups is 1. The number of carboxylic acid groups (broad SMARTS) is 1. The maximum Gasteiger partial charge on any atom is 0.320 e. The summed E-state index contributed by atoms with van der Waals surface area (Å²) >= 11 is 0. The molecule has 20 heavy (non-hydrogen) atoms. The molecule has 2 aliphatic rings. The van der Waals surface area contributed by atoms with Gasteiger partial charge >= 0.3 is 12.0 Å². The molecule has 2 fully saturated rings. The SMILES string of the molecule is CC1CN(C(=O)N2CCC(C)(C(=O)O)CC2)C(C)CO1. The Morgan fingerprint density at radius 1 is 1.25 bits per heavy atom. The van der Waals surface area contributed by atoms with Crippen molar-refractivity contribution in [1.82, 2.24) is 9.80 Å². The van der Waals surface area contributed by atoms with Gasteiger partial charge in [-0.15, -0.1) is 0 Å². The van der Waals surface area contributed by atoms with Crippen LogP contribution in [0.25, 0.3) is 0 Å². The van der Waals surface area contributed by atoms with E-state index in [4.69, 9.17) is 4.74 Å². The van der Waals surface area contributed by atoms with Gasteiger partial charge in [-0.25, -0.2) is 4.79 Å². The smallest absolute Gasteiger partial charge is 0.320 e. The van der Waals surface area contributed by atoms with Crippen molar-refractivity contribution >= 4 is 12.0 Å². The minimum Gasteiger partial charge on any atom is -0.481 e. The van der Waals surface area contributed by atoms with Crippen LogP contribution in [0.15, 0.2) is 0 Å². The van der Waals surface area contributed by atoms with E-state index in [1.54, 1.807) is 11.8 Å². The van der Waals surface area contributed by atoms with Gasteiger partial charge in [0.1, 0.15) is 0 Å². The molecular formula is C14H24N2O4. The predicted octanol–water partition coefficient (Wildman–Crippen LogP) is 1.40. The first-order valence-electron chi connectivity index (χ1n) is 7.24. The fraction of sp³-hybridized carbons (Fsp3) is 0.857. The summed E-state index contributed by atoms with van der Waals surface area (Å²) in [5, 5.41) is 9.22. The lowest BCUT2D eigenvalue weighted by Crippen LogP contribution is -2.56. The van der Waals surface area contributed by atoms with Crippen LogP contribution in [0.2, 0.25) is 0 Å². The molecule has 2 amide bonds. The molecule has 0 spiro atoms. The molecule has 1 N–H and O–H groups in total. The zero-order valence-corrected chi connectivity index (χ0v) is 12.5. The number of likely N-dealkylation sites (tertiary alicyclic amines) is 1. The summed E-state index contributed by atoms with van der Waals surface area (Å²) in [6.45, 7) is 7.90. The third-order valence-corrected chi connectivity index (χ3v) is 4.51. The number of hydrogen-bond donors (Lipinski definition) is 1. The summed E-state index contributed by atoms with van der Waals surface area (Å²) in [5.74, 6) is -0.766. The van der Waals surface area contributed by atoms with E-state index in [0.717, 1.165) is 0 Å². The van der Waals surface area contributed by atoms with Gasteiger partial charge in [-0.05, 0) is 33.6 Å². The molecule has 0 saturated carbocycles. The van der Waals surface area contributed by atoms with Gasteiger partial charge in [0.25, 0.3) is 0 Å². The Hall–Kier alpha value is -1.30. The fourth-order valence-corrected chi connectivity index (χ4v) is 2.76. The molecule has 2 atom stereocenters. The number of carbonyl (C=O) groups is 2. The molecule has 0 bridgehead atoms. The Bertz CT molecular complexity index is 391. The minimum absolute atomic E-state index is 0.0140. The number of ether oxygens (including phenoxy) is 1. The van der Waals surface area contributed by atoms with Crippen molar-refractivity contribution in [2.75, 3.05) is 26.2 Å². The van der Waals surface area contributed by atoms with Gasteiger partial charge < -0.3 is 19.6 Å². The van der Waals surface area contributed by atoms with Crippen molar-refractivity contribution in [3.63, 3.8) is 0 Å². The molecule has 0 aromatic carbocycles. The summed E-state index contributed by atoms with van der Waals surface area (Å²) in [4.78, 5) is 27.4. The Morgan fingerprint density at radius 3 is 2.40 bits per heavy atom. The van der Waals surface area contributed by atoms with Gasteiger partial charge in [-0.3, -0.25) is 4.79 Å². The van der Waals surface area contributed by atoms with E-state index in [9.17, 15) is 14.7 Å². The number of morpholine rings is 1. The number of carbonyl (C=O) groups excluding carboxylic acids is 1. The van der Waals surface area contributed by atoms with E-state index in [0.29, 0.717) is 39.1 Å². The number of carboxylic acids is 1. The predicted molar refractivity (Wildman–Crippen MR) is 73.5 cm³/mol. The van der Waals surface area contributed by atoms with E-state index in [1.807, 2.05) is 18.7 Å². The molecule has 0 aromatic heterocycles. The maximum absolute atomic E-state index is 12.5. The first kappa shape index (κ1) is 15.1. The zero-order chi connectivity index (χ0) is 14.9. The summed E-state index contributed by atoms with van der Waals surface area (Å²) in [6, 6.07) is 0.0894. The third kappa shape index (κ3) is 2.90. The van der Waals surface area contributed by atoms with Crippen molar-refractivity contribution in [3.05, 3.63) is 0 Å². The second-order valence-electron chi connectivity index (χ2n) is 6.28. The molecule has 0 radical (unpaired) electrons. The van der Waals surface area contributed by atoms with Crippen molar-refractivity contribution in [2.45, 2.75) is 45.8 Å². The first-order valence-corrected chi connectivity index (χ1v) is 7.24. The molecule has 2 aliphatic heterocycles. The summed E-state index contributed by atoms with van der Waals surface area (Å²) < 4.78 is 5.53. The normalized spacial score (nSPS) is 30.1. The number of aliphatic carboxylic acids is 1. The molecule has 6 heteroatoms. The Morgan fingerprint density at radius 2 is 1.85 bits per heavy atom. The second kappa shape index (κ2) is 5.60. The van der Waals surface area contributed by atoms with Gasteiger partial charge in [-0.2, -0.15) is 0 Å². The van der Waals surface area contributed by atoms with Gasteiger partial charge in [-0.1, -0.05) is 0 Å². The summed E-state index contributed by atoms with van der Waals surface area (Å²) in [5.41, 5.74) is -0.694. The summed E-state index contributed by atoms with van der Waals surface area (Å²) in [7, 11) is 0. The van der Waals surface area contributed by atoms with Crippen molar-refractivity contribution in [3.8, 4) is 0 Å². The lowest BCUT2D eigenvalue weighted by molar-refractivity contribution is -0.150. The van der Waals surface area contributed by atoms with E-state index in [2.05, 4.69) is 0 Å². The fourth-order valence-electron chi connectivity index (χ4n) is 2.76. The van der Waals surface area contributed by atoms with Crippen LogP contribution in [0.5, 0.6) is 0 Å². The van der Waals surface area contributed by atoms with Gasteiger partial charge in [0.2, 0.25) is 0 Å². The van der Waals surface area contributed by atoms with Gasteiger partial charge in [0, 0.05) is 19.6 Å². The average Bonchev–Trinajstić information content (AvgIpc) is 2.41. The van der Waals surface area contributed by atoms with Gasteiger partial charge in [0.15, 0.2) is 0 Å². The number of hydrogen-bond acceptors (Lipinski definition) is 3. The molecule has 2 rings (SSSR count). The number of nitrogens with zero attached hydrogens (tertiary/aromatic N) is 2. The molecule has 2 saturated heterocycles. The topological polar surface area (TPSA) is 70.1 Å². The summed E-state index contributed by atoms with van der Waals surface area (Å²) in [6.07, 6.45) is 1.09. The Kier molecular flexibility index (Phi) is 4.22. The highest BCUT2D eigenvalue weighted by Gasteiger charge is 2.40. The molecular weight excluding hydrogens is 260 g/mol. The van der Waals surface area contributed by atoms with E-state index in [1.165, 1.54) is 0 Å².